The molecule has 7 heteroatoms. The van der Waals surface area contributed by atoms with Gasteiger partial charge in [-0.3, -0.25) is 4.79 Å². The van der Waals surface area contributed by atoms with E-state index >= 15 is 0 Å². The van der Waals surface area contributed by atoms with Gasteiger partial charge in [-0.05, 0) is 25.1 Å². The molecule has 0 radical (unpaired) electrons. The average molecular weight is 363 g/mol. The van der Waals surface area contributed by atoms with Crippen LogP contribution in [-0.4, -0.2) is 15.7 Å². The van der Waals surface area contributed by atoms with Gasteiger partial charge in [-0.1, -0.05) is 41.4 Å². The Morgan fingerprint density at radius 1 is 1.12 bits per heavy atom. The van der Waals surface area contributed by atoms with Crippen LogP contribution in [0.2, 0.25) is 10.0 Å². The van der Waals surface area contributed by atoms with Crippen LogP contribution in [0.1, 0.15) is 17.4 Å². The first kappa shape index (κ1) is 16.5. The van der Waals surface area contributed by atoms with E-state index in [4.69, 9.17) is 27.9 Å². The number of carbonyl (C=O) groups is 1. The average Bonchev–Trinajstić information content (AvgIpc) is 2.58. The first-order valence-electron chi connectivity index (χ1n) is 7.18. The van der Waals surface area contributed by atoms with Crippen molar-refractivity contribution in [3.05, 3.63) is 68.6 Å². The van der Waals surface area contributed by atoms with Gasteiger partial charge in [-0.25, -0.2) is 9.48 Å². The van der Waals surface area contributed by atoms with Crippen molar-refractivity contribution in [2.45, 2.75) is 13.5 Å². The number of esters is 1. The monoisotopic (exact) mass is 362 g/mol. The Kier molecular flexibility index (Phi) is 4.55. The van der Waals surface area contributed by atoms with Crippen molar-refractivity contribution >= 4 is 39.9 Å². The highest BCUT2D eigenvalue weighted by Crippen LogP contribution is 2.27. The highest BCUT2D eigenvalue weighted by molar-refractivity contribution is 6.42. The first-order chi connectivity index (χ1) is 11.5. The van der Waals surface area contributed by atoms with Crippen LogP contribution in [0.15, 0.2) is 47.3 Å². The fourth-order valence-corrected chi connectivity index (χ4v) is 2.58. The van der Waals surface area contributed by atoms with Gasteiger partial charge in [0.05, 0.1) is 15.4 Å². The normalized spacial score (nSPS) is 10.8. The molecule has 0 aliphatic rings. The third-order valence-corrected chi connectivity index (χ3v) is 4.20. The van der Waals surface area contributed by atoms with Crippen molar-refractivity contribution in [2.75, 3.05) is 0 Å². The summed E-state index contributed by atoms with van der Waals surface area (Å²) in [5, 5.41) is 5.62. The summed E-state index contributed by atoms with van der Waals surface area (Å²) in [5.41, 5.74) is -0.183. The van der Waals surface area contributed by atoms with Crippen LogP contribution in [0.25, 0.3) is 10.8 Å². The predicted molar refractivity (Wildman–Crippen MR) is 93.1 cm³/mol. The van der Waals surface area contributed by atoms with Crippen LogP contribution in [0.4, 0.5) is 0 Å². The summed E-state index contributed by atoms with van der Waals surface area (Å²) in [7, 11) is 0. The van der Waals surface area contributed by atoms with Crippen LogP contribution >= 0.6 is 23.2 Å². The van der Waals surface area contributed by atoms with Crippen molar-refractivity contribution in [3.63, 3.8) is 0 Å². The Bertz CT molecular complexity index is 999. The van der Waals surface area contributed by atoms with Gasteiger partial charge in [0.1, 0.15) is 5.75 Å². The number of hydrogen-bond acceptors (Lipinski definition) is 4. The third kappa shape index (κ3) is 3.00. The molecule has 0 aliphatic heterocycles. The van der Waals surface area contributed by atoms with Gasteiger partial charge in [0.2, 0.25) is 0 Å². The number of benzene rings is 2. The van der Waals surface area contributed by atoms with Gasteiger partial charge in [0.15, 0.2) is 5.69 Å². The summed E-state index contributed by atoms with van der Waals surface area (Å²) in [5.74, 6) is -0.429. The number of hydrogen-bond donors (Lipinski definition) is 0. The number of halogens is 2. The summed E-state index contributed by atoms with van der Waals surface area (Å²) in [6, 6.07) is 11.3. The lowest BCUT2D eigenvalue weighted by atomic mass is 10.1. The molecule has 0 fully saturated rings. The Balaban J connectivity index is 2.08. The molecule has 0 atom stereocenters. The Labute approximate surface area is 147 Å². The zero-order chi connectivity index (χ0) is 17.3. The maximum absolute atomic E-state index is 12.5. The number of nitrogens with zero attached hydrogens (tertiary/aromatic N) is 2. The van der Waals surface area contributed by atoms with E-state index in [1.807, 2.05) is 0 Å². The minimum absolute atomic E-state index is 0.0677. The summed E-state index contributed by atoms with van der Waals surface area (Å²) in [4.78, 5) is 24.8. The standard InChI is InChI=1S/C17H12Cl2N2O3/c1-2-21-16(22)12-6-4-3-5-11(12)15(20-21)17(23)24-10-7-8-13(18)14(19)9-10/h3-9H,2H2,1H3. The molecule has 0 aliphatic carbocycles. The molecule has 0 N–H and O–H groups in total. The maximum Gasteiger partial charge on any atom is 0.364 e. The molecule has 3 rings (SSSR count). The zero-order valence-electron chi connectivity index (χ0n) is 12.6. The maximum atomic E-state index is 12.5. The molecule has 0 saturated heterocycles. The van der Waals surface area contributed by atoms with Gasteiger partial charge in [0.25, 0.3) is 5.56 Å². The van der Waals surface area contributed by atoms with Crippen LogP contribution in [0, 0.1) is 0 Å². The minimum Gasteiger partial charge on any atom is -0.422 e. The van der Waals surface area contributed by atoms with E-state index < -0.39 is 5.97 Å². The second-order valence-electron chi connectivity index (χ2n) is 4.98. The molecule has 122 valence electrons. The van der Waals surface area contributed by atoms with Gasteiger partial charge in [-0.15, -0.1) is 0 Å². The number of carbonyl (C=O) groups excluding carboxylic acids is 1. The molecule has 0 saturated carbocycles. The molecule has 24 heavy (non-hydrogen) atoms. The highest BCUT2D eigenvalue weighted by Gasteiger charge is 2.18. The van der Waals surface area contributed by atoms with Gasteiger partial charge >= 0.3 is 5.97 Å². The summed E-state index contributed by atoms with van der Waals surface area (Å²) < 4.78 is 6.55. The largest absolute Gasteiger partial charge is 0.422 e. The van der Waals surface area contributed by atoms with E-state index in [0.717, 1.165) is 0 Å². The second-order valence-corrected chi connectivity index (χ2v) is 5.79. The predicted octanol–water partition coefficient (Wildman–Crippen LogP) is 3.94. The molecule has 2 aromatic carbocycles. The van der Waals surface area contributed by atoms with Gasteiger partial charge in [-0.2, -0.15) is 5.10 Å². The number of rotatable bonds is 3. The van der Waals surface area contributed by atoms with Crippen LogP contribution in [-0.2, 0) is 6.54 Å². The van der Waals surface area contributed by atoms with Crippen LogP contribution in [0.3, 0.4) is 0 Å². The molecular formula is C17H12Cl2N2O3. The number of aryl methyl sites for hydroxylation is 1. The molecule has 3 aromatic rings. The van der Waals surface area contributed by atoms with E-state index in [0.29, 0.717) is 22.3 Å². The Morgan fingerprint density at radius 2 is 1.83 bits per heavy atom. The van der Waals surface area contributed by atoms with E-state index in [1.54, 1.807) is 31.2 Å². The lowest BCUT2D eigenvalue weighted by molar-refractivity contribution is 0.0728. The second kappa shape index (κ2) is 6.63. The summed E-state index contributed by atoms with van der Waals surface area (Å²) in [6.45, 7) is 2.12. The number of ether oxygens (including phenoxy) is 1. The Hall–Kier alpha value is -2.37. The van der Waals surface area contributed by atoms with Crippen LogP contribution < -0.4 is 10.3 Å². The van der Waals surface area contributed by atoms with Gasteiger partial charge < -0.3 is 4.74 Å². The molecule has 0 amide bonds. The SMILES string of the molecule is CCn1nc(C(=O)Oc2ccc(Cl)c(Cl)c2)c2ccccc2c1=O. The smallest absolute Gasteiger partial charge is 0.364 e. The van der Waals surface area contributed by atoms with Crippen molar-refractivity contribution in [1.29, 1.82) is 0 Å². The fourth-order valence-electron chi connectivity index (χ4n) is 2.30. The van der Waals surface area contributed by atoms with Crippen molar-refractivity contribution in [1.82, 2.24) is 9.78 Å². The van der Waals surface area contributed by atoms with Crippen LogP contribution in [0.5, 0.6) is 5.75 Å². The fraction of sp³-hybridized carbons (Fsp3) is 0.118. The van der Waals surface area contributed by atoms with Crippen molar-refractivity contribution < 1.29 is 9.53 Å². The molecule has 1 heterocycles. The lowest BCUT2D eigenvalue weighted by Gasteiger charge is -2.09. The lowest BCUT2D eigenvalue weighted by Crippen LogP contribution is -2.26. The summed E-state index contributed by atoms with van der Waals surface area (Å²) in [6.07, 6.45) is 0. The van der Waals surface area contributed by atoms with E-state index in [-0.39, 0.29) is 22.0 Å². The molecule has 0 unspecified atom stereocenters. The van der Waals surface area contributed by atoms with E-state index in [9.17, 15) is 9.59 Å². The third-order valence-electron chi connectivity index (χ3n) is 3.46. The number of fused-ring (bicyclic) bond motifs is 1. The number of aromatic nitrogens is 2. The molecule has 5 nitrogen and oxygen atoms in total. The molecule has 0 spiro atoms. The molecule has 0 bridgehead atoms. The van der Waals surface area contributed by atoms with E-state index in [1.165, 1.54) is 22.9 Å². The Morgan fingerprint density at radius 3 is 2.50 bits per heavy atom. The first-order valence-corrected chi connectivity index (χ1v) is 7.94. The topological polar surface area (TPSA) is 61.2 Å². The quantitative estimate of drug-likeness (QED) is 0.522. The van der Waals surface area contributed by atoms with Gasteiger partial charge in [0, 0.05) is 18.0 Å². The molecule has 1 aromatic heterocycles. The molecular weight excluding hydrogens is 351 g/mol. The summed E-state index contributed by atoms with van der Waals surface area (Å²) >= 11 is 11.8. The minimum atomic E-state index is -0.674. The van der Waals surface area contributed by atoms with Crippen molar-refractivity contribution in [3.8, 4) is 5.75 Å². The zero-order valence-corrected chi connectivity index (χ0v) is 14.1. The highest BCUT2D eigenvalue weighted by atomic mass is 35.5. The van der Waals surface area contributed by atoms with E-state index in [2.05, 4.69) is 5.10 Å². The van der Waals surface area contributed by atoms with Crippen molar-refractivity contribution in [2.24, 2.45) is 0 Å².